The maximum absolute atomic E-state index is 12.9. The second-order valence-corrected chi connectivity index (χ2v) is 7.39. The van der Waals surface area contributed by atoms with E-state index in [1.807, 2.05) is 6.07 Å². The quantitative estimate of drug-likeness (QED) is 0.590. The summed E-state index contributed by atoms with van der Waals surface area (Å²) in [5, 5.41) is 0. The molecule has 2 saturated heterocycles. The van der Waals surface area contributed by atoms with Gasteiger partial charge in [-0.05, 0) is 37.3 Å². The lowest BCUT2D eigenvalue weighted by Gasteiger charge is -2.47. The normalized spacial score (nSPS) is 37.8. The fraction of sp³-hybridized carbons (Fsp3) is 0.500. The van der Waals surface area contributed by atoms with Crippen molar-refractivity contribution in [3.63, 3.8) is 0 Å². The first kappa shape index (κ1) is 14.4. The van der Waals surface area contributed by atoms with Gasteiger partial charge in [-0.15, -0.1) is 0 Å². The van der Waals surface area contributed by atoms with Gasteiger partial charge >= 0.3 is 5.97 Å². The fourth-order valence-electron chi connectivity index (χ4n) is 5.91. The molecular formula is C20H22N2O2. The Balaban J connectivity index is 1.80. The van der Waals surface area contributed by atoms with Crippen LogP contribution in [0.2, 0.25) is 0 Å². The van der Waals surface area contributed by atoms with Crippen LogP contribution in [0, 0.1) is 11.8 Å². The maximum atomic E-state index is 12.9. The summed E-state index contributed by atoms with van der Waals surface area (Å²) in [6, 6.07) is 8.76. The average molecular weight is 322 g/mol. The number of aliphatic imine (C=N–C) groups is 1. The minimum Gasteiger partial charge on any atom is -0.469 e. The number of benzene rings is 1. The van der Waals surface area contributed by atoms with Gasteiger partial charge in [0.1, 0.15) is 0 Å². The number of methoxy groups -OCH3 is 1. The minimum absolute atomic E-state index is 0.0741. The molecule has 1 aromatic carbocycles. The molecule has 24 heavy (non-hydrogen) atoms. The zero-order chi connectivity index (χ0) is 16.5. The molecule has 1 saturated carbocycles. The first-order chi connectivity index (χ1) is 11.7. The molecule has 0 radical (unpaired) electrons. The van der Waals surface area contributed by atoms with Crippen molar-refractivity contribution in [2.45, 2.75) is 31.2 Å². The van der Waals surface area contributed by atoms with E-state index in [0.29, 0.717) is 6.04 Å². The summed E-state index contributed by atoms with van der Waals surface area (Å²) < 4.78 is 5.30. The van der Waals surface area contributed by atoms with Crippen molar-refractivity contribution in [1.82, 2.24) is 4.90 Å². The number of hydrogen-bond donors (Lipinski definition) is 0. The summed E-state index contributed by atoms with van der Waals surface area (Å²) in [4.78, 5) is 20.5. The van der Waals surface area contributed by atoms with Crippen LogP contribution >= 0.6 is 0 Å². The highest BCUT2D eigenvalue weighted by atomic mass is 16.5. The maximum Gasteiger partial charge on any atom is 0.310 e. The zero-order valence-corrected chi connectivity index (χ0v) is 14.2. The Morgan fingerprint density at radius 2 is 2.25 bits per heavy atom. The van der Waals surface area contributed by atoms with Crippen LogP contribution < -0.4 is 0 Å². The first-order valence-corrected chi connectivity index (χ1v) is 8.86. The van der Waals surface area contributed by atoms with Gasteiger partial charge in [-0.1, -0.05) is 29.8 Å². The Morgan fingerprint density at radius 3 is 3.04 bits per heavy atom. The molecule has 3 aliphatic heterocycles. The average Bonchev–Trinajstić information content (AvgIpc) is 3.13. The lowest BCUT2D eigenvalue weighted by Crippen LogP contribution is -2.59. The second kappa shape index (κ2) is 4.79. The van der Waals surface area contributed by atoms with Gasteiger partial charge in [-0.3, -0.25) is 14.7 Å². The Labute approximate surface area is 142 Å². The molecule has 3 heterocycles. The Morgan fingerprint density at radius 1 is 1.42 bits per heavy atom. The van der Waals surface area contributed by atoms with E-state index in [0.717, 1.165) is 31.6 Å². The number of fused-ring (bicyclic) bond motifs is 2. The molecule has 4 aliphatic rings. The second-order valence-electron chi connectivity index (χ2n) is 7.39. The van der Waals surface area contributed by atoms with Gasteiger partial charge in [-0.25, -0.2) is 0 Å². The highest BCUT2D eigenvalue weighted by Crippen LogP contribution is 2.62. The van der Waals surface area contributed by atoms with E-state index in [2.05, 4.69) is 36.1 Å². The molecule has 0 aromatic heterocycles. The number of allylic oxidation sites excluding steroid dienone is 1. The van der Waals surface area contributed by atoms with E-state index >= 15 is 0 Å². The van der Waals surface area contributed by atoms with Crippen LogP contribution in [0.4, 0.5) is 5.69 Å². The van der Waals surface area contributed by atoms with Crippen LogP contribution in [0.15, 0.2) is 40.9 Å². The van der Waals surface area contributed by atoms with Gasteiger partial charge in [0.25, 0.3) is 0 Å². The van der Waals surface area contributed by atoms with Gasteiger partial charge < -0.3 is 4.74 Å². The first-order valence-electron chi connectivity index (χ1n) is 8.86. The summed E-state index contributed by atoms with van der Waals surface area (Å²) in [5.74, 6) is 0.0551. The fourth-order valence-corrected chi connectivity index (χ4v) is 5.91. The van der Waals surface area contributed by atoms with Crippen molar-refractivity contribution in [2.24, 2.45) is 16.8 Å². The van der Waals surface area contributed by atoms with Crippen molar-refractivity contribution in [1.29, 1.82) is 0 Å². The number of rotatable bonds is 1. The SMILES string of the molecule is C/C=C1\CN2CCC3=Nc4ccccc4C34[C@H](C(=O)OC)[C@H]1C[C@H]24. The smallest absolute Gasteiger partial charge is 0.310 e. The Hall–Kier alpha value is -1.94. The van der Waals surface area contributed by atoms with Crippen molar-refractivity contribution >= 4 is 17.4 Å². The van der Waals surface area contributed by atoms with Crippen LogP contribution in [0.1, 0.15) is 25.3 Å². The number of esters is 1. The molecule has 4 atom stereocenters. The Kier molecular flexibility index (Phi) is 2.88. The molecule has 1 aliphatic carbocycles. The highest BCUT2D eigenvalue weighted by molar-refractivity contribution is 6.07. The molecule has 4 nitrogen and oxygen atoms in total. The molecule has 5 rings (SSSR count). The van der Waals surface area contributed by atoms with Gasteiger partial charge in [0.05, 0.1) is 24.1 Å². The predicted molar refractivity (Wildman–Crippen MR) is 92.6 cm³/mol. The number of carbonyl (C=O) groups is 1. The van der Waals surface area contributed by atoms with Gasteiger partial charge in [0, 0.05) is 24.8 Å². The molecule has 2 bridgehead atoms. The molecule has 1 aromatic rings. The molecule has 3 fully saturated rings. The lowest BCUT2D eigenvalue weighted by atomic mass is 9.64. The monoisotopic (exact) mass is 322 g/mol. The summed E-state index contributed by atoms with van der Waals surface area (Å²) in [6.07, 6.45) is 4.20. The Bertz CT molecular complexity index is 797. The van der Waals surface area contributed by atoms with Crippen LogP contribution in [0.3, 0.4) is 0 Å². The number of ether oxygens (including phenoxy) is 1. The van der Waals surface area contributed by atoms with E-state index in [9.17, 15) is 4.79 Å². The van der Waals surface area contributed by atoms with Crippen LogP contribution in [0.5, 0.6) is 0 Å². The van der Waals surface area contributed by atoms with Crippen molar-refractivity contribution in [2.75, 3.05) is 20.2 Å². The van der Waals surface area contributed by atoms with Crippen molar-refractivity contribution in [3.05, 3.63) is 41.5 Å². The summed E-state index contributed by atoms with van der Waals surface area (Å²) in [5.41, 5.74) is 4.62. The summed E-state index contributed by atoms with van der Waals surface area (Å²) in [6.45, 7) is 4.12. The number of carbonyl (C=O) groups excluding carboxylic acids is 1. The zero-order valence-electron chi connectivity index (χ0n) is 14.2. The van der Waals surface area contributed by atoms with Crippen LogP contribution in [0.25, 0.3) is 0 Å². The molecule has 1 unspecified atom stereocenters. The third-order valence-electron chi connectivity index (χ3n) is 6.74. The highest BCUT2D eigenvalue weighted by Gasteiger charge is 2.68. The summed E-state index contributed by atoms with van der Waals surface area (Å²) in [7, 11) is 1.52. The van der Waals surface area contributed by atoms with Crippen LogP contribution in [-0.2, 0) is 14.9 Å². The molecular weight excluding hydrogens is 300 g/mol. The van der Waals surface area contributed by atoms with E-state index in [4.69, 9.17) is 9.73 Å². The molecule has 1 spiro atoms. The molecule has 0 N–H and O–H groups in total. The third-order valence-corrected chi connectivity index (χ3v) is 6.74. The van der Waals surface area contributed by atoms with E-state index in [1.54, 1.807) is 0 Å². The van der Waals surface area contributed by atoms with Gasteiger partial charge in [-0.2, -0.15) is 0 Å². The van der Waals surface area contributed by atoms with Gasteiger partial charge in [0.15, 0.2) is 0 Å². The number of piperidine rings is 2. The standard InChI is InChI=1S/C20H22N2O2/c1-3-12-11-22-9-8-16-20(14-6-4-5-7-15(14)21-16)17(22)10-13(12)18(20)19(23)24-2/h3-7,13,17-18H,8-11H2,1-2H3/b12-3+/t13-,17-,18-,20?/m0/s1. The van der Waals surface area contributed by atoms with E-state index < -0.39 is 0 Å². The largest absolute Gasteiger partial charge is 0.469 e. The number of hydrogen-bond acceptors (Lipinski definition) is 4. The van der Waals surface area contributed by atoms with E-state index in [-0.39, 0.29) is 23.2 Å². The third kappa shape index (κ3) is 1.48. The minimum atomic E-state index is -0.280. The number of para-hydroxylation sites is 1. The summed E-state index contributed by atoms with van der Waals surface area (Å²) >= 11 is 0. The molecule has 124 valence electrons. The van der Waals surface area contributed by atoms with Crippen molar-refractivity contribution < 1.29 is 9.53 Å². The van der Waals surface area contributed by atoms with Crippen molar-refractivity contribution in [3.8, 4) is 0 Å². The number of nitrogens with zero attached hydrogens (tertiary/aromatic N) is 2. The molecule has 4 heteroatoms. The lowest BCUT2D eigenvalue weighted by molar-refractivity contribution is -0.147. The topological polar surface area (TPSA) is 41.9 Å². The van der Waals surface area contributed by atoms with Gasteiger partial charge in [0.2, 0.25) is 0 Å². The predicted octanol–water partition coefficient (Wildman–Crippen LogP) is 2.85. The molecule has 0 amide bonds. The van der Waals surface area contributed by atoms with Crippen LogP contribution in [-0.4, -0.2) is 42.8 Å². The van der Waals surface area contributed by atoms with E-state index in [1.165, 1.54) is 24.0 Å².